The summed E-state index contributed by atoms with van der Waals surface area (Å²) in [5, 5.41) is 5.34. The molecule has 0 aromatic rings. The molecular weight excluding hydrogens is 222 g/mol. The fraction of sp³-hybridized carbons (Fsp3) is 0.727. The van der Waals surface area contributed by atoms with E-state index in [1.165, 1.54) is 17.7 Å². The Morgan fingerprint density at radius 2 is 1.82 bits per heavy atom. The first kappa shape index (κ1) is 12.0. The third kappa shape index (κ3) is 3.26. The highest BCUT2D eigenvalue weighted by Crippen LogP contribution is 2.17. The van der Waals surface area contributed by atoms with E-state index in [0.717, 1.165) is 12.8 Å². The van der Waals surface area contributed by atoms with Crippen LogP contribution in [0.2, 0.25) is 0 Å². The van der Waals surface area contributed by atoms with Crippen molar-refractivity contribution in [3.8, 4) is 0 Å². The average Bonchev–Trinajstić information content (AvgIpc) is 2.77. The SMILES string of the molecule is O=C1CN(C(=O)CNC2CCCC2)CC(=O)N1. The Hall–Kier alpha value is -1.43. The van der Waals surface area contributed by atoms with Crippen molar-refractivity contribution >= 4 is 17.7 Å². The van der Waals surface area contributed by atoms with E-state index < -0.39 is 11.8 Å². The van der Waals surface area contributed by atoms with Gasteiger partial charge in [0, 0.05) is 6.04 Å². The molecule has 2 N–H and O–H groups in total. The summed E-state index contributed by atoms with van der Waals surface area (Å²) in [5.74, 6) is -0.994. The molecule has 0 spiro atoms. The van der Waals surface area contributed by atoms with Gasteiger partial charge in [0.1, 0.15) is 13.1 Å². The first-order chi connectivity index (χ1) is 8.15. The summed E-state index contributed by atoms with van der Waals surface area (Å²) < 4.78 is 0. The molecule has 0 unspecified atom stereocenters. The van der Waals surface area contributed by atoms with Crippen LogP contribution in [0.15, 0.2) is 0 Å². The van der Waals surface area contributed by atoms with Gasteiger partial charge in [0.2, 0.25) is 17.7 Å². The van der Waals surface area contributed by atoms with E-state index >= 15 is 0 Å². The number of hydrogen-bond donors (Lipinski definition) is 2. The number of carbonyl (C=O) groups is 3. The van der Waals surface area contributed by atoms with Crippen molar-refractivity contribution < 1.29 is 14.4 Å². The van der Waals surface area contributed by atoms with Crippen molar-refractivity contribution in [2.75, 3.05) is 19.6 Å². The van der Waals surface area contributed by atoms with Crippen LogP contribution in [-0.4, -0.2) is 48.3 Å². The van der Waals surface area contributed by atoms with Gasteiger partial charge in [0.15, 0.2) is 0 Å². The van der Waals surface area contributed by atoms with Crippen LogP contribution in [0.5, 0.6) is 0 Å². The maximum Gasteiger partial charge on any atom is 0.246 e. The lowest BCUT2D eigenvalue weighted by molar-refractivity contribution is -0.145. The maximum atomic E-state index is 11.8. The molecule has 3 amide bonds. The van der Waals surface area contributed by atoms with Gasteiger partial charge in [-0.25, -0.2) is 0 Å². The molecule has 17 heavy (non-hydrogen) atoms. The van der Waals surface area contributed by atoms with Crippen molar-refractivity contribution in [3.05, 3.63) is 0 Å². The van der Waals surface area contributed by atoms with Crippen LogP contribution in [0.25, 0.3) is 0 Å². The monoisotopic (exact) mass is 239 g/mol. The molecule has 2 aliphatic rings. The molecule has 1 aliphatic carbocycles. The van der Waals surface area contributed by atoms with E-state index in [1.807, 2.05) is 0 Å². The smallest absolute Gasteiger partial charge is 0.246 e. The zero-order valence-electron chi connectivity index (χ0n) is 9.70. The van der Waals surface area contributed by atoms with Gasteiger partial charge >= 0.3 is 0 Å². The maximum absolute atomic E-state index is 11.8. The summed E-state index contributed by atoms with van der Waals surface area (Å²) >= 11 is 0. The van der Waals surface area contributed by atoms with Crippen LogP contribution < -0.4 is 10.6 Å². The van der Waals surface area contributed by atoms with Crippen LogP contribution in [0.3, 0.4) is 0 Å². The number of amides is 3. The van der Waals surface area contributed by atoms with Crippen molar-refractivity contribution in [2.24, 2.45) is 0 Å². The number of hydrogen-bond acceptors (Lipinski definition) is 4. The summed E-state index contributed by atoms with van der Waals surface area (Å²) in [5.41, 5.74) is 0. The Kier molecular flexibility index (Phi) is 3.73. The van der Waals surface area contributed by atoms with Gasteiger partial charge in [-0.3, -0.25) is 19.7 Å². The summed E-state index contributed by atoms with van der Waals surface area (Å²) in [6, 6.07) is 0.410. The Balaban J connectivity index is 1.78. The molecule has 1 aliphatic heterocycles. The molecule has 2 fully saturated rings. The minimum Gasteiger partial charge on any atom is -0.323 e. The van der Waals surface area contributed by atoms with E-state index in [-0.39, 0.29) is 25.5 Å². The van der Waals surface area contributed by atoms with Crippen LogP contribution in [0.1, 0.15) is 25.7 Å². The zero-order valence-corrected chi connectivity index (χ0v) is 9.70. The number of carbonyl (C=O) groups excluding carboxylic acids is 3. The van der Waals surface area contributed by atoms with Crippen LogP contribution in [-0.2, 0) is 14.4 Å². The van der Waals surface area contributed by atoms with Gasteiger partial charge in [0.05, 0.1) is 6.54 Å². The number of nitrogens with zero attached hydrogens (tertiary/aromatic N) is 1. The number of rotatable bonds is 3. The molecule has 2 rings (SSSR count). The molecule has 1 heterocycles. The third-order valence-electron chi connectivity index (χ3n) is 3.20. The molecule has 6 nitrogen and oxygen atoms in total. The van der Waals surface area contributed by atoms with E-state index in [1.54, 1.807) is 0 Å². The van der Waals surface area contributed by atoms with Gasteiger partial charge in [-0.1, -0.05) is 12.8 Å². The van der Waals surface area contributed by atoms with Crippen molar-refractivity contribution in [2.45, 2.75) is 31.7 Å². The van der Waals surface area contributed by atoms with Gasteiger partial charge in [-0.15, -0.1) is 0 Å². The van der Waals surface area contributed by atoms with Crippen LogP contribution in [0, 0.1) is 0 Å². The lowest BCUT2D eigenvalue weighted by Crippen LogP contribution is -2.55. The van der Waals surface area contributed by atoms with Crippen molar-refractivity contribution in [3.63, 3.8) is 0 Å². The minimum absolute atomic E-state index is 0.0169. The van der Waals surface area contributed by atoms with Gasteiger partial charge in [-0.2, -0.15) is 0 Å². The second kappa shape index (κ2) is 5.27. The normalized spacial score (nSPS) is 21.8. The molecule has 0 atom stereocenters. The second-order valence-electron chi connectivity index (χ2n) is 4.58. The molecular formula is C11H17N3O3. The van der Waals surface area contributed by atoms with E-state index in [2.05, 4.69) is 10.6 Å². The summed E-state index contributed by atoms with van der Waals surface area (Å²) in [6.45, 7) is 0.180. The largest absolute Gasteiger partial charge is 0.323 e. The Labute approximate surface area is 99.7 Å². The van der Waals surface area contributed by atoms with Gasteiger partial charge in [0.25, 0.3) is 0 Å². The van der Waals surface area contributed by atoms with E-state index in [4.69, 9.17) is 0 Å². The lowest BCUT2D eigenvalue weighted by Gasteiger charge is -2.26. The van der Waals surface area contributed by atoms with E-state index in [9.17, 15) is 14.4 Å². The predicted molar refractivity (Wildman–Crippen MR) is 60.0 cm³/mol. The van der Waals surface area contributed by atoms with Crippen LogP contribution in [0.4, 0.5) is 0 Å². The third-order valence-corrected chi connectivity index (χ3v) is 3.20. The topological polar surface area (TPSA) is 78.5 Å². The lowest BCUT2D eigenvalue weighted by atomic mass is 10.2. The highest BCUT2D eigenvalue weighted by molar-refractivity contribution is 6.02. The molecule has 6 heteroatoms. The summed E-state index contributed by atoms with van der Waals surface area (Å²) in [6.07, 6.45) is 4.62. The highest BCUT2D eigenvalue weighted by Gasteiger charge is 2.26. The minimum atomic E-state index is -0.407. The number of imide groups is 1. The number of nitrogens with one attached hydrogen (secondary N) is 2. The van der Waals surface area contributed by atoms with Crippen LogP contribution >= 0.6 is 0 Å². The molecule has 94 valence electrons. The Bertz CT molecular complexity index is 321. The Morgan fingerprint density at radius 1 is 1.24 bits per heavy atom. The van der Waals surface area contributed by atoms with Crippen molar-refractivity contribution in [1.82, 2.24) is 15.5 Å². The molecule has 1 saturated carbocycles. The predicted octanol–water partition coefficient (Wildman–Crippen LogP) is -0.996. The van der Waals surface area contributed by atoms with E-state index in [0.29, 0.717) is 6.04 Å². The summed E-state index contributed by atoms with van der Waals surface area (Å²) in [4.78, 5) is 35.3. The first-order valence-electron chi connectivity index (χ1n) is 5.99. The number of piperazine rings is 1. The molecule has 0 aromatic carbocycles. The molecule has 0 radical (unpaired) electrons. The fourth-order valence-electron chi connectivity index (χ4n) is 2.29. The highest BCUT2D eigenvalue weighted by atomic mass is 16.2. The van der Waals surface area contributed by atoms with Gasteiger partial charge in [-0.05, 0) is 12.8 Å². The first-order valence-corrected chi connectivity index (χ1v) is 5.99. The molecule has 0 aromatic heterocycles. The van der Waals surface area contributed by atoms with Crippen molar-refractivity contribution in [1.29, 1.82) is 0 Å². The molecule has 1 saturated heterocycles. The average molecular weight is 239 g/mol. The summed E-state index contributed by atoms with van der Waals surface area (Å²) in [7, 11) is 0. The standard InChI is InChI=1S/C11H17N3O3/c15-9-6-14(7-10(16)13-9)11(17)5-12-8-3-1-2-4-8/h8,12H,1-7H2,(H,13,15,16). The zero-order chi connectivity index (χ0) is 12.3. The van der Waals surface area contributed by atoms with Gasteiger partial charge < -0.3 is 10.2 Å². The molecule has 0 bridgehead atoms. The second-order valence-corrected chi connectivity index (χ2v) is 4.58. The fourth-order valence-corrected chi connectivity index (χ4v) is 2.29. The Morgan fingerprint density at radius 3 is 2.41 bits per heavy atom. The quantitative estimate of drug-likeness (QED) is 0.619.